The van der Waals surface area contributed by atoms with E-state index in [0.29, 0.717) is 18.5 Å². The zero-order valence-electron chi connectivity index (χ0n) is 13.2. The molecule has 2 aliphatic rings. The maximum absolute atomic E-state index is 13.0. The van der Waals surface area contributed by atoms with Crippen LogP contribution in [0.3, 0.4) is 0 Å². The van der Waals surface area contributed by atoms with Crippen LogP contribution in [0.25, 0.3) is 0 Å². The van der Waals surface area contributed by atoms with Crippen LogP contribution in [0.4, 0.5) is 0 Å². The van der Waals surface area contributed by atoms with E-state index in [9.17, 15) is 4.79 Å². The van der Waals surface area contributed by atoms with Crippen LogP contribution in [0.2, 0.25) is 0 Å². The summed E-state index contributed by atoms with van der Waals surface area (Å²) >= 11 is 0. The lowest BCUT2D eigenvalue weighted by molar-refractivity contribution is -0.145. The topological polar surface area (TPSA) is 49.6 Å². The number of rotatable bonds is 3. The highest BCUT2D eigenvalue weighted by Crippen LogP contribution is 2.36. The van der Waals surface area contributed by atoms with Gasteiger partial charge in [-0.2, -0.15) is 0 Å². The van der Waals surface area contributed by atoms with Gasteiger partial charge in [-0.05, 0) is 26.3 Å². The minimum atomic E-state index is -0.259. The fourth-order valence-electron chi connectivity index (χ4n) is 3.90. The molecule has 0 radical (unpaired) electrons. The van der Waals surface area contributed by atoms with E-state index in [1.165, 1.54) is 12.8 Å². The van der Waals surface area contributed by atoms with Crippen LogP contribution in [0.5, 0.6) is 0 Å². The molecule has 1 atom stereocenters. The standard InChI is InChI=1S/C16H31N3O/c1-3-18-10-11-19(12-14(18)2)15(20)16(13-17)8-6-4-5-7-9-16/h14H,3-13,17H2,1-2H3. The van der Waals surface area contributed by atoms with Crippen molar-refractivity contribution in [1.82, 2.24) is 9.80 Å². The number of amides is 1. The molecule has 1 aliphatic heterocycles. The monoisotopic (exact) mass is 281 g/mol. The second-order valence-corrected chi connectivity index (χ2v) is 6.63. The highest BCUT2D eigenvalue weighted by Gasteiger charge is 2.41. The highest BCUT2D eigenvalue weighted by molar-refractivity contribution is 5.83. The van der Waals surface area contributed by atoms with Crippen LogP contribution in [0, 0.1) is 5.41 Å². The van der Waals surface area contributed by atoms with E-state index >= 15 is 0 Å². The third-order valence-corrected chi connectivity index (χ3v) is 5.36. The van der Waals surface area contributed by atoms with E-state index in [2.05, 4.69) is 23.6 Å². The molecule has 1 saturated heterocycles. The third kappa shape index (κ3) is 3.17. The Bertz CT molecular complexity index is 324. The first-order valence-electron chi connectivity index (χ1n) is 8.36. The van der Waals surface area contributed by atoms with Crippen molar-refractivity contribution in [2.24, 2.45) is 11.1 Å². The van der Waals surface area contributed by atoms with E-state index in [1.807, 2.05) is 0 Å². The summed E-state index contributed by atoms with van der Waals surface area (Å²) in [6.45, 7) is 8.77. The molecular weight excluding hydrogens is 250 g/mol. The molecule has 1 amide bonds. The molecule has 1 heterocycles. The van der Waals surface area contributed by atoms with Gasteiger partial charge in [-0.25, -0.2) is 0 Å². The Balaban J connectivity index is 2.05. The SMILES string of the molecule is CCN1CCN(C(=O)C2(CN)CCCCCC2)CC1C. The molecule has 0 aromatic rings. The van der Waals surface area contributed by atoms with Gasteiger partial charge in [0.15, 0.2) is 0 Å². The summed E-state index contributed by atoms with van der Waals surface area (Å²) in [5, 5.41) is 0. The molecule has 116 valence electrons. The van der Waals surface area contributed by atoms with Gasteiger partial charge in [0.2, 0.25) is 5.91 Å². The van der Waals surface area contributed by atoms with Crippen molar-refractivity contribution in [1.29, 1.82) is 0 Å². The fraction of sp³-hybridized carbons (Fsp3) is 0.938. The molecule has 0 aromatic carbocycles. The zero-order valence-corrected chi connectivity index (χ0v) is 13.2. The van der Waals surface area contributed by atoms with Crippen molar-refractivity contribution in [3.8, 4) is 0 Å². The molecule has 1 unspecified atom stereocenters. The van der Waals surface area contributed by atoms with Crippen molar-refractivity contribution >= 4 is 5.91 Å². The Morgan fingerprint density at radius 1 is 1.20 bits per heavy atom. The molecule has 20 heavy (non-hydrogen) atoms. The Kier molecular flexibility index (Phi) is 5.44. The van der Waals surface area contributed by atoms with Crippen LogP contribution >= 0.6 is 0 Å². The minimum absolute atomic E-state index is 0.259. The normalized spacial score (nSPS) is 28.1. The summed E-state index contributed by atoms with van der Waals surface area (Å²) < 4.78 is 0. The van der Waals surface area contributed by atoms with E-state index < -0.39 is 0 Å². The van der Waals surface area contributed by atoms with Gasteiger partial charge in [0.25, 0.3) is 0 Å². The first-order valence-corrected chi connectivity index (χ1v) is 8.36. The van der Waals surface area contributed by atoms with Crippen molar-refractivity contribution in [3.05, 3.63) is 0 Å². The van der Waals surface area contributed by atoms with E-state index in [0.717, 1.165) is 51.9 Å². The van der Waals surface area contributed by atoms with Gasteiger partial charge in [0.1, 0.15) is 0 Å². The Morgan fingerprint density at radius 3 is 2.35 bits per heavy atom. The van der Waals surface area contributed by atoms with E-state index in [1.54, 1.807) is 0 Å². The summed E-state index contributed by atoms with van der Waals surface area (Å²) in [5.41, 5.74) is 5.79. The number of nitrogens with zero attached hydrogens (tertiary/aromatic N) is 2. The molecule has 4 heteroatoms. The van der Waals surface area contributed by atoms with Crippen LogP contribution in [0.1, 0.15) is 52.4 Å². The first-order chi connectivity index (χ1) is 9.63. The van der Waals surface area contributed by atoms with Crippen LogP contribution in [-0.4, -0.2) is 54.5 Å². The molecule has 2 rings (SSSR count). The largest absolute Gasteiger partial charge is 0.339 e. The quantitative estimate of drug-likeness (QED) is 0.803. The Labute approximate surface area is 123 Å². The van der Waals surface area contributed by atoms with E-state index in [4.69, 9.17) is 5.73 Å². The molecule has 2 fully saturated rings. The molecular formula is C16H31N3O. The molecule has 1 aliphatic carbocycles. The number of hydrogen-bond donors (Lipinski definition) is 1. The lowest BCUT2D eigenvalue weighted by atomic mass is 9.78. The van der Waals surface area contributed by atoms with Gasteiger partial charge < -0.3 is 10.6 Å². The Morgan fingerprint density at radius 2 is 1.85 bits per heavy atom. The summed E-state index contributed by atoms with van der Waals surface area (Å²) in [4.78, 5) is 17.6. The van der Waals surface area contributed by atoms with Gasteiger partial charge in [-0.1, -0.05) is 32.6 Å². The summed E-state index contributed by atoms with van der Waals surface area (Å²) in [6.07, 6.45) is 6.82. The second-order valence-electron chi connectivity index (χ2n) is 6.63. The predicted molar refractivity (Wildman–Crippen MR) is 82.5 cm³/mol. The second kappa shape index (κ2) is 6.90. The van der Waals surface area contributed by atoms with Crippen molar-refractivity contribution in [2.75, 3.05) is 32.7 Å². The molecule has 0 aromatic heterocycles. The smallest absolute Gasteiger partial charge is 0.230 e. The van der Waals surface area contributed by atoms with Gasteiger partial charge >= 0.3 is 0 Å². The maximum atomic E-state index is 13.0. The molecule has 1 saturated carbocycles. The van der Waals surface area contributed by atoms with Crippen molar-refractivity contribution in [2.45, 2.75) is 58.4 Å². The predicted octanol–water partition coefficient (Wildman–Crippen LogP) is 1.84. The number of nitrogens with two attached hydrogens (primary N) is 1. The maximum Gasteiger partial charge on any atom is 0.230 e. The average molecular weight is 281 g/mol. The van der Waals surface area contributed by atoms with Gasteiger partial charge in [-0.15, -0.1) is 0 Å². The molecule has 0 spiro atoms. The molecule has 4 nitrogen and oxygen atoms in total. The number of hydrogen-bond acceptors (Lipinski definition) is 3. The number of likely N-dealkylation sites (N-methyl/N-ethyl adjacent to an activating group) is 1. The lowest BCUT2D eigenvalue weighted by Gasteiger charge is -2.43. The van der Waals surface area contributed by atoms with Crippen LogP contribution in [-0.2, 0) is 4.79 Å². The summed E-state index contributed by atoms with van der Waals surface area (Å²) in [5.74, 6) is 0.338. The van der Waals surface area contributed by atoms with Crippen LogP contribution in [0.15, 0.2) is 0 Å². The van der Waals surface area contributed by atoms with Gasteiger partial charge in [0.05, 0.1) is 5.41 Å². The average Bonchev–Trinajstić information content (AvgIpc) is 2.72. The number of carbonyl (C=O) groups is 1. The zero-order chi connectivity index (χ0) is 14.6. The number of carbonyl (C=O) groups excluding carboxylic acids is 1. The Hall–Kier alpha value is -0.610. The van der Waals surface area contributed by atoms with Crippen LogP contribution < -0.4 is 5.73 Å². The lowest BCUT2D eigenvalue weighted by Crippen LogP contribution is -2.57. The third-order valence-electron chi connectivity index (χ3n) is 5.36. The molecule has 2 N–H and O–H groups in total. The number of piperazine rings is 1. The van der Waals surface area contributed by atoms with Crippen molar-refractivity contribution in [3.63, 3.8) is 0 Å². The first kappa shape index (κ1) is 15.8. The van der Waals surface area contributed by atoms with E-state index in [-0.39, 0.29) is 5.41 Å². The van der Waals surface area contributed by atoms with Gasteiger partial charge in [0, 0.05) is 32.2 Å². The molecule has 0 bridgehead atoms. The van der Waals surface area contributed by atoms with Gasteiger partial charge in [-0.3, -0.25) is 9.69 Å². The highest BCUT2D eigenvalue weighted by atomic mass is 16.2. The minimum Gasteiger partial charge on any atom is -0.339 e. The van der Waals surface area contributed by atoms with Crippen molar-refractivity contribution < 1.29 is 4.79 Å². The summed E-state index contributed by atoms with van der Waals surface area (Å²) in [6, 6.07) is 0.471. The fourth-order valence-corrected chi connectivity index (χ4v) is 3.90. The summed E-state index contributed by atoms with van der Waals surface area (Å²) in [7, 11) is 0.